The van der Waals surface area contributed by atoms with Crippen molar-refractivity contribution >= 4 is 12.0 Å². The molecule has 0 spiro atoms. The minimum absolute atomic E-state index is 0.305. The van der Waals surface area contributed by atoms with Crippen LogP contribution in [0.4, 0.5) is 4.39 Å². The van der Waals surface area contributed by atoms with Crippen LogP contribution in [0, 0.1) is 5.82 Å². The first-order chi connectivity index (χ1) is 10.6. The number of benzene rings is 2. The average molecular weight is 298 g/mol. The molecule has 0 saturated carbocycles. The van der Waals surface area contributed by atoms with Crippen LogP contribution < -0.4 is 4.74 Å². The van der Waals surface area contributed by atoms with Gasteiger partial charge in [0.1, 0.15) is 11.6 Å². The second-order valence-electron chi connectivity index (χ2n) is 5.18. The molecule has 3 heteroatoms. The van der Waals surface area contributed by atoms with Gasteiger partial charge in [-0.15, -0.1) is 0 Å². The van der Waals surface area contributed by atoms with Crippen LogP contribution in [0.3, 0.4) is 0 Å². The van der Waals surface area contributed by atoms with Gasteiger partial charge in [-0.1, -0.05) is 38.1 Å². The fourth-order valence-electron chi connectivity index (χ4n) is 1.99. The van der Waals surface area contributed by atoms with E-state index in [9.17, 15) is 9.18 Å². The summed E-state index contributed by atoms with van der Waals surface area (Å²) in [6, 6.07) is 13.4. The second kappa shape index (κ2) is 7.55. The molecule has 0 bridgehead atoms. The molecule has 2 rings (SSSR count). The Kier molecular flexibility index (Phi) is 5.48. The topological polar surface area (TPSA) is 26.3 Å². The van der Waals surface area contributed by atoms with E-state index in [1.165, 1.54) is 23.8 Å². The van der Waals surface area contributed by atoms with Gasteiger partial charge >= 0.3 is 5.97 Å². The number of ether oxygens (including phenoxy) is 1. The summed E-state index contributed by atoms with van der Waals surface area (Å²) in [5.41, 5.74) is 1.97. The van der Waals surface area contributed by atoms with Crippen molar-refractivity contribution in [1.82, 2.24) is 0 Å². The summed E-state index contributed by atoms with van der Waals surface area (Å²) in [6.45, 7) is 4.30. The maximum Gasteiger partial charge on any atom is 0.336 e. The summed E-state index contributed by atoms with van der Waals surface area (Å²) in [6.07, 6.45) is 3.99. The van der Waals surface area contributed by atoms with Gasteiger partial charge in [-0.25, -0.2) is 9.18 Å². The summed E-state index contributed by atoms with van der Waals surface area (Å²) in [4.78, 5) is 11.7. The molecule has 2 nitrogen and oxygen atoms in total. The summed E-state index contributed by atoms with van der Waals surface area (Å²) >= 11 is 0. The van der Waals surface area contributed by atoms with Crippen LogP contribution in [-0.2, 0) is 4.79 Å². The highest BCUT2D eigenvalue weighted by molar-refractivity contribution is 5.88. The second-order valence-corrected chi connectivity index (χ2v) is 5.18. The average Bonchev–Trinajstić information content (AvgIpc) is 2.54. The number of esters is 1. The molecule has 1 atom stereocenters. The van der Waals surface area contributed by atoms with Gasteiger partial charge in [0.15, 0.2) is 0 Å². The SMILES string of the molecule is CCC(C)c1ccc(OC(=O)/C=C/c2ccc(F)cc2)cc1. The Bertz CT molecular complexity index is 642. The lowest BCUT2D eigenvalue weighted by atomic mass is 9.99. The summed E-state index contributed by atoms with van der Waals surface area (Å²) < 4.78 is 18.0. The molecule has 0 amide bonds. The van der Waals surface area contributed by atoms with Crippen LogP contribution in [0.1, 0.15) is 37.3 Å². The van der Waals surface area contributed by atoms with Gasteiger partial charge < -0.3 is 4.74 Å². The van der Waals surface area contributed by atoms with Crippen molar-refractivity contribution in [1.29, 1.82) is 0 Å². The molecule has 0 N–H and O–H groups in total. The number of hydrogen-bond donors (Lipinski definition) is 0. The third-order valence-electron chi connectivity index (χ3n) is 3.56. The molecule has 2 aromatic rings. The summed E-state index contributed by atoms with van der Waals surface area (Å²) in [5, 5.41) is 0. The highest BCUT2D eigenvalue weighted by Gasteiger charge is 2.04. The highest BCUT2D eigenvalue weighted by Crippen LogP contribution is 2.21. The van der Waals surface area contributed by atoms with E-state index in [-0.39, 0.29) is 5.82 Å². The number of carbonyl (C=O) groups is 1. The molecule has 114 valence electrons. The fourth-order valence-corrected chi connectivity index (χ4v) is 1.99. The van der Waals surface area contributed by atoms with E-state index in [0.717, 1.165) is 12.0 Å². The zero-order valence-electron chi connectivity index (χ0n) is 12.8. The minimum atomic E-state index is -0.458. The van der Waals surface area contributed by atoms with Crippen LogP contribution in [0.5, 0.6) is 5.75 Å². The van der Waals surface area contributed by atoms with Gasteiger partial charge in [0, 0.05) is 6.08 Å². The molecule has 0 aromatic heterocycles. The molecule has 0 fully saturated rings. The lowest BCUT2D eigenvalue weighted by molar-refractivity contribution is -0.128. The van der Waals surface area contributed by atoms with E-state index in [0.29, 0.717) is 11.7 Å². The number of halogens is 1. The molecule has 0 saturated heterocycles. The Morgan fingerprint density at radius 1 is 1.14 bits per heavy atom. The molecule has 2 aromatic carbocycles. The van der Waals surface area contributed by atoms with E-state index >= 15 is 0 Å². The Labute approximate surface area is 130 Å². The Balaban J connectivity index is 1.95. The smallest absolute Gasteiger partial charge is 0.336 e. The van der Waals surface area contributed by atoms with Gasteiger partial charge in [0.25, 0.3) is 0 Å². The molecule has 0 heterocycles. The first-order valence-electron chi connectivity index (χ1n) is 7.34. The Hall–Kier alpha value is -2.42. The third kappa shape index (κ3) is 4.55. The fraction of sp³-hybridized carbons (Fsp3) is 0.211. The predicted molar refractivity (Wildman–Crippen MR) is 86.2 cm³/mol. The maximum absolute atomic E-state index is 12.8. The molecule has 22 heavy (non-hydrogen) atoms. The van der Waals surface area contributed by atoms with Crippen LogP contribution in [-0.4, -0.2) is 5.97 Å². The standard InChI is InChI=1S/C19H19FO2/c1-3-14(2)16-7-11-18(12-8-16)22-19(21)13-6-15-4-9-17(20)10-5-15/h4-14H,3H2,1-2H3/b13-6+. The molecule has 1 unspecified atom stereocenters. The van der Waals surface area contributed by atoms with Crippen LogP contribution >= 0.6 is 0 Å². The number of carbonyl (C=O) groups excluding carboxylic acids is 1. The Morgan fingerprint density at radius 2 is 1.77 bits per heavy atom. The van der Waals surface area contributed by atoms with Crippen LogP contribution in [0.15, 0.2) is 54.6 Å². The lowest BCUT2D eigenvalue weighted by Gasteiger charge is -2.09. The molecule has 0 radical (unpaired) electrons. The monoisotopic (exact) mass is 298 g/mol. The molecule has 0 aliphatic rings. The third-order valence-corrected chi connectivity index (χ3v) is 3.56. The summed E-state index contributed by atoms with van der Waals surface area (Å²) in [7, 11) is 0. The van der Waals surface area contributed by atoms with Gasteiger partial charge in [-0.05, 0) is 53.8 Å². The molecule has 0 aliphatic heterocycles. The minimum Gasteiger partial charge on any atom is -0.423 e. The van der Waals surface area contributed by atoms with E-state index < -0.39 is 5.97 Å². The Morgan fingerprint density at radius 3 is 2.36 bits per heavy atom. The quantitative estimate of drug-likeness (QED) is 0.443. The van der Waals surface area contributed by atoms with Crippen molar-refractivity contribution in [2.75, 3.05) is 0 Å². The highest BCUT2D eigenvalue weighted by atomic mass is 19.1. The van der Waals surface area contributed by atoms with E-state index in [1.54, 1.807) is 30.3 Å². The number of hydrogen-bond acceptors (Lipinski definition) is 2. The van der Waals surface area contributed by atoms with Crippen molar-refractivity contribution in [3.8, 4) is 5.75 Å². The lowest BCUT2D eigenvalue weighted by Crippen LogP contribution is -2.03. The van der Waals surface area contributed by atoms with E-state index in [4.69, 9.17) is 4.74 Å². The molecular weight excluding hydrogens is 279 g/mol. The molecular formula is C19H19FO2. The van der Waals surface area contributed by atoms with Gasteiger partial charge in [0.2, 0.25) is 0 Å². The predicted octanol–water partition coefficient (Wildman–Crippen LogP) is 4.96. The maximum atomic E-state index is 12.8. The van der Waals surface area contributed by atoms with Gasteiger partial charge in [-0.3, -0.25) is 0 Å². The van der Waals surface area contributed by atoms with Gasteiger partial charge in [0.05, 0.1) is 0 Å². The van der Waals surface area contributed by atoms with Crippen molar-refractivity contribution in [2.24, 2.45) is 0 Å². The normalized spacial score (nSPS) is 12.3. The zero-order valence-corrected chi connectivity index (χ0v) is 12.8. The van der Waals surface area contributed by atoms with Crippen molar-refractivity contribution in [3.05, 3.63) is 71.6 Å². The molecule has 0 aliphatic carbocycles. The number of rotatable bonds is 5. The van der Waals surface area contributed by atoms with E-state index in [1.807, 2.05) is 12.1 Å². The largest absolute Gasteiger partial charge is 0.423 e. The van der Waals surface area contributed by atoms with Gasteiger partial charge in [-0.2, -0.15) is 0 Å². The van der Waals surface area contributed by atoms with E-state index in [2.05, 4.69) is 13.8 Å². The van der Waals surface area contributed by atoms with Crippen molar-refractivity contribution in [3.63, 3.8) is 0 Å². The summed E-state index contributed by atoms with van der Waals surface area (Å²) in [5.74, 6) is 0.241. The van der Waals surface area contributed by atoms with Crippen LogP contribution in [0.25, 0.3) is 6.08 Å². The van der Waals surface area contributed by atoms with Crippen molar-refractivity contribution in [2.45, 2.75) is 26.2 Å². The zero-order chi connectivity index (χ0) is 15.9. The van der Waals surface area contributed by atoms with Crippen LogP contribution in [0.2, 0.25) is 0 Å². The first-order valence-corrected chi connectivity index (χ1v) is 7.34. The first kappa shape index (κ1) is 16.0. The van der Waals surface area contributed by atoms with Crippen molar-refractivity contribution < 1.29 is 13.9 Å².